The number of benzene rings is 1. The van der Waals surface area contributed by atoms with Gasteiger partial charge >= 0.3 is 0 Å². The number of hydrogen-bond donors (Lipinski definition) is 1. The van der Waals surface area contributed by atoms with E-state index in [1.807, 2.05) is 37.6 Å². The molecule has 3 aromatic rings. The summed E-state index contributed by atoms with van der Waals surface area (Å²) < 4.78 is 20.8. The van der Waals surface area contributed by atoms with Crippen molar-refractivity contribution in [1.29, 1.82) is 0 Å². The largest absolute Gasteiger partial charge is 0.386 e. The van der Waals surface area contributed by atoms with Crippen LogP contribution >= 0.6 is 23.2 Å². The first-order valence-corrected chi connectivity index (χ1v) is 10.4. The van der Waals surface area contributed by atoms with E-state index in [9.17, 15) is 5.11 Å². The molecule has 2 aliphatic rings. The van der Waals surface area contributed by atoms with E-state index in [-0.39, 0.29) is 0 Å². The number of aliphatic hydroxyl groups is 1. The third kappa shape index (κ3) is 3.04. The molecule has 0 saturated carbocycles. The summed E-state index contributed by atoms with van der Waals surface area (Å²) >= 11 is 12.2. The summed E-state index contributed by atoms with van der Waals surface area (Å²) in [5.41, 5.74) is 0.402. The van der Waals surface area contributed by atoms with Crippen molar-refractivity contribution >= 4 is 34.2 Å². The van der Waals surface area contributed by atoms with E-state index in [0.717, 1.165) is 0 Å². The van der Waals surface area contributed by atoms with Crippen molar-refractivity contribution in [2.45, 2.75) is 56.7 Å². The number of halogens is 2. The second-order valence-electron chi connectivity index (χ2n) is 8.29. The summed E-state index contributed by atoms with van der Waals surface area (Å²) in [6.45, 7) is 5.61. The highest BCUT2D eigenvalue weighted by atomic mass is 35.5. The molecule has 2 fully saturated rings. The third-order valence-electron chi connectivity index (χ3n) is 5.78. The molecule has 0 amide bonds. The molecule has 2 saturated heterocycles. The fraction of sp³-hybridized carbons (Fsp3) is 0.429. The first-order chi connectivity index (χ1) is 14.2. The van der Waals surface area contributed by atoms with Crippen LogP contribution in [0.25, 0.3) is 11.0 Å². The Kier molecular flexibility index (Phi) is 4.63. The monoisotopic (exact) mass is 449 g/mol. The van der Waals surface area contributed by atoms with Crippen LogP contribution < -0.4 is 0 Å². The quantitative estimate of drug-likeness (QED) is 0.601. The first-order valence-electron chi connectivity index (χ1n) is 9.64. The van der Waals surface area contributed by atoms with Gasteiger partial charge in [-0.1, -0.05) is 35.3 Å². The number of rotatable bonds is 3. The Morgan fingerprint density at radius 2 is 1.83 bits per heavy atom. The summed E-state index contributed by atoms with van der Waals surface area (Å²) in [7, 11) is 0. The first kappa shape index (κ1) is 20.2. The fourth-order valence-corrected chi connectivity index (χ4v) is 4.85. The van der Waals surface area contributed by atoms with Gasteiger partial charge in [0.2, 0.25) is 0 Å². The predicted octanol–water partition coefficient (Wildman–Crippen LogP) is 4.28. The minimum Gasteiger partial charge on any atom is -0.386 e. The molecule has 5 atom stereocenters. The van der Waals surface area contributed by atoms with Crippen LogP contribution in [0.3, 0.4) is 0 Å². The van der Waals surface area contributed by atoms with Gasteiger partial charge in [0.15, 0.2) is 12.0 Å². The topological polar surface area (TPSA) is 78.6 Å². The number of aliphatic hydroxyl groups excluding tert-OH is 1. The maximum absolute atomic E-state index is 11.2. The second-order valence-corrected chi connectivity index (χ2v) is 9.09. The number of nitrogens with zero attached hydrogens (tertiary/aromatic N) is 3. The van der Waals surface area contributed by atoms with Gasteiger partial charge in [0.1, 0.15) is 41.0 Å². The van der Waals surface area contributed by atoms with E-state index in [1.165, 1.54) is 6.33 Å². The maximum Gasteiger partial charge on any atom is 0.165 e. The highest BCUT2D eigenvalue weighted by Crippen LogP contribution is 2.53. The SMILES string of the molecule is CC1(C)O[C@H]2[C@H](n3ccc4c(Cl)ncnc43)O[C@H]([C@H](O)c3ccc(Cl)cc3)[C@@]2(C)O1. The summed E-state index contributed by atoms with van der Waals surface area (Å²) in [6.07, 6.45) is 0.548. The molecule has 2 aromatic heterocycles. The van der Waals surface area contributed by atoms with Crippen LogP contribution in [0.5, 0.6) is 0 Å². The Hall–Kier alpha value is -1.74. The molecule has 1 aromatic carbocycles. The summed E-state index contributed by atoms with van der Waals surface area (Å²) in [5, 5.41) is 12.9. The average molecular weight is 450 g/mol. The highest BCUT2D eigenvalue weighted by Gasteiger charge is 2.65. The Balaban J connectivity index is 1.58. The van der Waals surface area contributed by atoms with Gasteiger partial charge in [-0.3, -0.25) is 0 Å². The van der Waals surface area contributed by atoms with Crippen LogP contribution in [0.2, 0.25) is 10.2 Å². The van der Waals surface area contributed by atoms with E-state index in [0.29, 0.717) is 26.8 Å². The molecule has 0 spiro atoms. The van der Waals surface area contributed by atoms with Crippen LogP contribution in [-0.4, -0.2) is 43.2 Å². The molecule has 0 bridgehead atoms. The average Bonchev–Trinajstić information content (AvgIpc) is 3.29. The normalized spacial score (nSPS) is 31.2. The zero-order valence-electron chi connectivity index (χ0n) is 16.6. The lowest BCUT2D eigenvalue weighted by atomic mass is 9.88. The van der Waals surface area contributed by atoms with Crippen LogP contribution in [0, 0.1) is 0 Å². The van der Waals surface area contributed by atoms with Gasteiger partial charge in [0.05, 0.1) is 5.39 Å². The lowest BCUT2D eigenvalue weighted by Crippen LogP contribution is -2.46. The molecule has 5 rings (SSSR count). The minimum atomic E-state index is -0.947. The Bertz CT molecular complexity index is 1100. The maximum atomic E-state index is 11.2. The molecular formula is C21H21Cl2N3O4. The molecular weight excluding hydrogens is 429 g/mol. The van der Waals surface area contributed by atoms with E-state index in [1.54, 1.807) is 24.3 Å². The number of aromatic nitrogens is 3. The molecule has 2 aliphatic heterocycles. The highest BCUT2D eigenvalue weighted by molar-refractivity contribution is 6.33. The molecule has 30 heavy (non-hydrogen) atoms. The lowest BCUT2D eigenvalue weighted by molar-refractivity contribution is -0.223. The van der Waals surface area contributed by atoms with Crippen LogP contribution in [0.4, 0.5) is 0 Å². The molecule has 158 valence electrons. The molecule has 0 radical (unpaired) electrons. The molecule has 0 aliphatic carbocycles. The van der Waals surface area contributed by atoms with Gasteiger partial charge in [-0.15, -0.1) is 0 Å². The molecule has 0 unspecified atom stereocenters. The Morgan fingerprint density at radius 1 is 1.10 bits per heavy atom. The van der Waals surface area contributed by atoms with Crippen molar-refractivity contribution in [2.24, 2.45) is 0 Å². The molecule has 4 heterocycles. The van der Waals surface area contributed by atoms with Crippen molar-refractivity contribution in [3.8, 4) is 0 Å². The summed E-state index contributed by atoms with van der Waals surface area (Å²) in [4.78, 5) is 8.41. The van der Waals surface area contributed by atoms with Gasteiger partial charge in [0.25, 0.3) is 0 Å². The molecule has 7 nitrogen and oxygen atoms in total. The van der Waals surface area contributed by atoms with Crippen molar-refractivity contribution in [3.05, 3.63) is 58.6 Å². The smallest absolute Gasteiger partial charge is 0.165 e. The van der Waals surface area contributed by atoms with Crippen LogP contribution in [-0.2, 0) is 14.2 Å². The number of fused-ring (bicyclic) bond motifs is 2. The Labute approximate surface area is 183 Å². The van der Waals surface area contributed by atoms with E-state index in [2.05, 4.69) is 9.97 Å². The van der Waals surface area contributed by atoms with Gasteiger partial charge in [-0.25, -0.2) is 9.97 Å². The number of hydrogen-bond acceptors (Lipinski definition) is 6. The van der Waals surface area contributed by atoms with E-state index < -0.39 is 35.9 Å². The molecule has 1 N–H and O–H groups in total. The predicted molar refractivity (Wildman–Crippen MR) is 111 cm³/mol. The standard InChI is InChI=1S/C21H21Cl2N3O4/c1-20(2)29-16-19(26-9-8-13-17(23)24-10-25-18(13)26)28-15(21(16,3)30-20)14(27)11-4-6-12(22)7-5-11/h4-10,14-16,19,27H,1-3H3/t14-,15-,16+,19-,21-/m1/s1. The zero-order chi connectivity index (χ0) is 21.3. The van der Waals surface area contributed by atoms with Gasteiger partial charge in [0, 0.05) is 11.2 Å². The van der Waals surface area contributed by atoms with E-state index in [4.69, 9.17) is 37.4 Å². The Morgan fingerprint density at radius 3 is 2.57 bits per heavy atom. The third-order valence-corrected chi connectivity index (χ3v) is 6.34. The van der Waals surface area contributed by atoms with Gasteiger partial charge in [-0.05, 0) is 44.5 Å². The van der Waals surface area contributed by atoms with Crippen molar-refractivity contribution < 1.29 is 19.3 Å². The van der Waals surface area contributed by atoms with Crippen LogP contribution in [0.15, 0.2) is 42.9 Å². The van der Waals surface area contributed by atoms with Crippen molar-refractivity contribution in [3.63, 3.8) is 0 Å². The summed E-state index contributed by atoms with van der Waals surface area (Å²) in [6, 6.07) is 8.87. The molecule has 9 heteroatoms. The fourth-order valence-electron chi connectivity index (χ4n) is 4.53. The second kappa shape index (κ2) is 6.88. The van der Waals surface area contributed by atoms with Gasteiger partial charge in [-0.2, -0.15) is 0 Å². The zero-order valence-corrected chi connectivity index (χ0v) is 18.1. The van der Waals surface area contributed by atoms with Gasteiger partial charge < -0.3 is 23.9 Å². The number of ether oxygens (including phenoxy) is 3. The minimum absolute atomic E-state index is 0.362. The van der Waals surface area contributed by atoms with Crippen LogP contribution in [0.1, 0.15) is 38.7 Å². The van der Waals surface area contributed by atoms with E-state index >= 15 is 0 Å². The van der Waals surface area contributed by atoms with Crippen molar-refractivity contribution in [1.82, 2.24) is 14.5 Å². The lowest BCUT2D eigenvalue weighted by Gasteiger charge is -2.32. The van der Waals surface area contributed by atoms with Crippen molar-refractivity contribution in [2.75, 3.05) is 0 Å². The summed E-state index contributed by atoms with van der Waals surface area (Å²) in [5.74, 6) is -0.838.